The number of likely N-dealkylation sites (N-methyl/N-ethyl adjacent to an activating group) is 1. The van der Waals surface area contributed by atoms with E-state index in [-0.39, 0.29) is 18.2 Å². The minimum atomic E-state index is -0.543. The van der Waals surface area contributed by atoms with Crippen LogP contribution < -0.4 is 5.32 Å². The maximum atomic E-state index is 13.2. The number of amides is 2. The van der Waals surface area contributed by atoms with E-state index in [1.54, 1.807) is 23.1 Å². The summed E-state index contributed by atoms with van der Waals surface area (Å²) in [6.07, 6.45) is 0.635. The van der Waals surface area contributed by atoms with E-state index in [9.17, 15) is 9.59 Å². The van der Waals surface area contributed by atoms with Gasteiger partial charge < -0.3 is 10.2 Å². The highest BCUT2D eigenvalue weighted by molar-refractivity contribution is 6.35. The Morgan fingerprint density at radius 2 is 1.79 bits per heavy atom. The molecule has 0 unspecified atom stereocenters. The molecule has 2 aromatic rings. The Kier molecular flexibility index (Phi) is 8.34. The van der Waals surface area contributed by atoms with Crippen LogP contribution in [0.1, 0.15) is 37.0 Å². The van der Waals surface area contributed by atoms with Crippen LogP contribution in [0.25, 0.3) is 0 Å². The Balaban J connectivity index is 2.33. The fourth-order valence-electron chi connectivity index (χ4n) is 3.11. The lowest BCUT2D eigenvalue weighted by molar-refractivity contribution is -0.140. The van der Waals surface area contributed by atoms with Crippen LogP contribution in [0.15, 0.2) is 42.5 Å². The zero-order valence-electron chi connectivity index (χ0n) is 16.5. The third-order valence-corrected chi connectivity index (χ3v) is 5.28. The van der Waals surface area contributed by atoms with Gasteiger partial charge >= 0.3 is 0 Å². The largest absolute Gasteiger partial charge is 0.355 e. The molecule has 0 aliphatic rings. The van der Waals surface area contributed by atoms with Crippen molar-refractivity contribution in [2.75, 3.05) is 6.54 Å². The normalized spacial score (nSPS) is 11.8. The van der Waals surface area contributed by atoms with Crippen molar-refractivity contribution in [2.45, 2.75) is 46.2 Å². The lowest BCUT2D eigenvalue weighted by atomic mass is 10.0. The number of hydrogen-bond donors (Lipinski definition) is 1. The highest BCUT2D eigenvalue weighted by Crippen LogP contribution is 2.23. The Morgan fingerprint density at radius 3 is 2.39 bits per heavy atom. The second-order valence-corrected chi connectivity index (χ2v) is 7.52. The highest BCUT2D eigenvalue weighted by Gasteiger charge is 2.29. The zero-order valence-corrected chi connectivity index (χ0v) is 18.0. The molecule has 0 fully saturated rings. The van der Waals surface area contributed by atoms with Gasteiger partial charge in [-0.3, -0.25) is 9.59 Å². The zero-order chi connectivity index (χ0) is 20.7. The van der Waals surface area contributed by atoms with Gasteiger partial charge in [0.2, 0.25) is 11.8 Å². The number of hydrogen-bond acceptors (Lipinski definition) is 2. The smallest absolute Gasteiger partial charge is 0.242 e. The van der Waals surface area contributed by atoms with E-state index >= 15 is 0 Å². The number of rotatable bonds is 8. The summed E-state index contributed by atoms with van der Waals surface area (Å²) >= 11 is 12.2. The molecule has 0 saturated carbocycles. The first-order chi connectivity index (χ1) is 13.4. The number of aryl methyl sites for hydroxylation is 1. The van der Waals surface area contributed by atoms with Crippen molar-refractivity contribution in [3.05, 3.63) is 69.2 Å². The van der Waals surface area contributed by atoms with E-state index in [2.05, 4.69) is 5.32 Å². The number of nitrogens with zero attached hydrogens (tertiary/aromatic N) is 1. The molecule has 0 aromatic heterocycles. The van der Waals surface area contributed by atoms with Gasteiger partial charge in [0, 0.05) is 23.1 Å². The van der Waals surface area contributed by atoms with Crippen molar-refractivity contribution >= 4 is 35.0 Å². The molecule has 28 heavy (non-hydrogen) atoms. The maximum absolute atomic E-state index is 13.2. The molecule has 0 saturated heterocycles. The molecule has 1 atom stereocenters. The molecule has 1 N–H and O–H groups in total. The standard InChI is InChI=1S/C22H26Cl2N2O2/c1-4-20(22(28)25-5-2)26(14-17-9-7-6-8-15(17)3)21(27)12-16-10-11-18(23)13-19(16)24/h6-11,13,20H,4-5,12,14H2,1-3H3,(H,25,28)/t20-/m0/s1. The lowest BCUT2D eigenvalue weighted by Gasteiger charge is -2.31. The molecule has 0 aliphatic carbocycles. The molecule has 2 rings (SSSR count). The van der Waals surface area contributed by atoms with E-state index in [0.717, 1.165) is 11.1 Å². The number of benzene rings is 2. The molecule has 0 spiro atoms. The summed E-state index contributed by atoms with van der Waals surface area (Å²) < 4.78 is 0. The third kappa shape index (κ3) is 5.73. The van der Waals surface area contributed by atoms with Gasteiger partial charge in [0.15, 0.2) is 0 Å². The Hall–Kier alpha value is -2.04. The molecule has 4 nitrogen and oxygen atoms in total. The predicted octanol–water partition coefficient (Wildman–Crippen LogP) is 4.79. The van der Waals surface area contributed by atoms with Crippen molar-refractivity contribution in [3.8, 4) is 0 Å². The second-order valence-electron chi connectivity index (χ2n) is 6.68. The van der Waals surface area contributed by atoms with E-state index in [1.807, 2.05) is 45.0 Å². The molecule has 0 radical (unpaired) electrons. The maximum Gasteiger partial charge on any atom is 0.242 e. The van der Waals surface area contributed by atoms with Gasteiger partial charge in [0.25, 0.3) is 0 Å². The van der Waals surface area contributed by atoms with Crippen molar-refractivity contribution < 1.29 is 9.59 Å². The van der Waals surface area contributed by atoms with Gasteiger partial charge in [-0.05, 0) is 49.1 Å². The Morgan fingerprint density at radius 1 is 1.07 bits per heavy atom. The van der Waals surface area contributed by atoms with Gasteiger partial charge in [0.05, 0.1) is 6.42 Å². The highest BCUT2D eigenvalue weighted by atomic mass is 35.5. The summed E-state index contributed by atoms with van der Waals surface area (Å²) in [5.41, 5.74) is 2.79. The SMILES string of the molecule is CCNC(=O)[C@H](CC)N(Cc1ccccc1C)C(=O)Cc1ccc(Cl)cc1Cl. The lowest BCUT2D eigenvalue weighted by Crippen LogP contribution is -2.49. The van der Waals surface area contributed by atoms with Crippen LogP contribution >= 0.6 is 23.2 Å². The molecule has 2 aromatic carbocycles. The minimum Gasteiger partial charge on any atom is -0.355 e. The van der Waals surface area contributed by atoms with Gasteiger partial charge in [0.1, 0.15) is 6.04 Å². The minimum absolute atomic E-state index is 0.109. The molecule has 6 heteroatoms. The molecular weight excluding hydrogens is 395 g/mol. The van der Waals surface area contributed by atoms with Gasteiger partial charge in [-0.1, -0.05) is 60.5 Å². The topological polar surface area (TPSA) is 49.4 Å². The summed E-state index contributed by atoms with van der Waals surface area (Å²) in [5, 5.41) is 3.81. The van der Waals surface area contributed by atoms with Crippen molar-refractivity contribution in [2.24, 2.45) is 0 Å². The van der Waals surface area contributed by atoms with Crippen LogP contribution in [-0.4, -0.2) is 29.3 Å². The van der Waals surface area contributed by atoms with E-state index < -0.39 is 6.04 Å². The second kappa shape index (κ2) is 10.5. The molecule has 0 bridgehead atoms. The third-order valence-electron chi connectivity index (χ3n) is 4.70. The average molecular weight is 421 g/mol. The summed E-state index contributed by atoms with van der Waals surface area (Å²) in [6, 6.07) is 12.4. The Bertz CT molecular complexity index is 839. The Labute approximate surface area is 176 Å². The van der Waals surface area contributed by atoms with Crippen molar-refractivity contribution in [1.29, 1.82) is 0 Å². The van der Waals surface area contributed by atoms with Crippen LogP contribution in [0.4, 0.5) is 0 Å². The molecule has 0 heterocycles. The van der Waals surface area contributed by atoms with E-state index in [1.165, 1.54) is 0 Å². The fourth-order valence-corrected chi connectivity index (χ4v) is 3.59. The van der Waals surface area contributed by atoms with Gasteiger partial charge in [-0.25, -0.2) is 0 Å². The number of carbonyl (C=O) groups is 2. The van der Waals surface area contributed by atoms with Gasteiger partial charge in [-0.15, -0.1) is 0 Å². The van der Waals surface area contributed by atoms with Crippen LogP contribution in [0, 0.1) is 6.92 Å². The first-order valence-electron chi connectivity index (χ1n) is 9.42. The molecule has 0 aliphatic heterocycles. The number of halogens is 2. The number of nitrogens with one attached hydrogen (secondary N) is 1. The fraction of sp³-hybridized carbons (Fsp3) is 0.364. The van der Waals surface area contributed by atoms with Crippen LogP contribution in [0.2, 0.25) is 10.0 Å². The van der Waals surface area contributed by atoms with E-state index in [4.69, 9.17) is 23.2 Å². The summed E-state index contributed by atoms with van der Waals surface area (Å²) in [7, 11) is 0. The van der Waals surface area contributed by atoms with Gasteiger partial charge in [-0.2, -0.15) is 0 Å². The van der Waals surface area contributed by atoms with Crippen LogP contribution in [0.3, 0.4) is 0 Å². The molecule has 2 amide bonds. The van der Waals surface area contributed by atoms with Crippen LogP contribution in [0.5, 0.6) is 0 Å². The monoisotopic (exact) mass is 420 g/mol. The van der Waals surface area contributed by atoms with Crippen molar-refractivity contribution in [1.82, 2.24) is 10.2 Å². The average Bonchev–Trinajstić information content (AvgIpc) is 2.65. The summed E-state index contributed by atoms with van der Waals surface area (Å²) in [6.45, 7) is 6.66. The number of carbonyl (C=O) groups excluding carboxylic acids is 2. The molecule has 150 valence electrons. The first kappa shape index (κ1) is 22.3. The van der Waals surface area contributed by atoms with E-state index in [0.29, 0.717) is 35.1 Å². The quantitative estimate of drug-likeness (QED) is 0.667. The summed E-state index contributed by atoms with van der Waals surface area (Å²) in [4.78, 5) is 27.5. The van der Waals surface area contributed by atoms with Crippen molar-refractivity contribution in [3.63, 3.8) is 0 Å². The molecular formula is C22H26Cl2N2O2. The van der Waals surface area contributed by atoms with Crippen LogP contribution in [-0.2, 0) is 22.6 Å². The predicted molar refractivity (Wildman–Crippen MR) is 115 cm³/mol. The first-order valence-corrected chi connectivity index (χ1v) is 10.2. The summed E-state index contributed by atoms with van der Waals surface area (Å²) in [5.74, 6) is -0.292.